The predicted molar refractivity (Wildman–Crippen MR) is 87.2 cm³/mol. The number of rotatable bonds is 3. The Kier molecular flexibility index (Phi) is 3.86. The van der Waals surface area contributed by atoms with Crippen LogP contribution in [0.2, 0.25) is 10.0 Å². The molecule has 3 rings (SSSR count). The molecule has 0 atom stereocenters. The number of fused-ring (bicyclic) bond motifs is 1. The summed E-state index contributed by atoms with van der Waals surface area (Å²) in [5.41, 5.74) is 1.59. The SMILES string of the molecule is Oc1c(Cl)cc(Cl)cc1CNc1cccc2ccncc12. The second-order valence-corrected chi connectivity index (χ2v) is 5.49. The lowest BCUT2D eigenvalue weighted by Gasteiger charge is -2.11. The molecule has 0 saturated heterocycles. The van der Waals surface area contributed by atoms with Crippen molar-refractivity contribution in [3.8, 4) is 5.75 Å². The summed E-state index contributed by atoms with van der Waals surface area (Å²) in [5, 5.41) is 16.1. The lowest BCUT2D eigenvalue weighted by atomic mass is 10.1. The first-order valence-corrected chi connectivity index (χ1v) is 7.14. The van der Waals surface area contributed by atoms with Crippen LogP contribution >= 0.6 is 23.2 Å². The Morgan fingerprint density at radius 1 is 1.14 bits per heavy atom. The highest BCUT2D eigenvalue weighted by Gasteiger charge is 2.08. The molecule has 1 aromatic heterocycles. The van der Waals surface area contributed by atoms with Crippen LogP contribution in [0, 0.1) is 0 Å². The summed E-state index contributed by atoms with van der Waals surface area (Å²) in [4.78, 5) is 4.14. The van der Waals surface area contributed by atoms with Crippen LogP contribution in [0.15, 0.2) is 48.8 Å². The summed E-state index contributed by atoms with van der Waals surface area (Å²) in [7, 11) is 0. The van der Waals surface area contributed by atoms with Crippen LogP contribution in [0.3, 0.4) is 0 Å². The number of nitrogens with zero attached hydrogens (tertiary/aromatic N) is 1. The highest BCUT2D eigenvalue weighted by molar-refractivity contribution is 6.35. The zero-order valence-electron chi connectivity index (χ0n) is 11.0. The predicted octanol–water partition coefficient (Wildman–Crippen LogP) is 4.86. The van der Waals surface area contributed by atoms with E-state index in [1.54, 1.807) is 12.3 Å². The Hall–Kier alpha value is -1.97. The molecule has 0 bridgehead atoms. The van der Waals surface area contributed by atoms with Crippen LogP contribution < -0.4 is 5.32 Å². The Morgan fingerprint density at radius 3 is 2.86 bits per heavy atom. The molecule has 2 aromatic carbocycles. The van der Waals surface area contributed by atoms with E-state index >= 15 is 0 Å². The van der Waals surface area contributed by atoms with Crippen LogP contribution in [-0.4, -0.2) is 10.1 Å². The second kappa shape index (κ2) is 5.80. The number of anilines is 1. The van der Waals surface area contributed by atoms with Crippen LogP contribution in [0.5, 0.6) is 5.75 Å². The van der Waals surface area contributed by atoms with Gasteiger partial charge in [-0.1, -0.05) is 35.3 Å². The molecule has 21 heavy (non-hydrogen) atoms. The number of halogens is 2. The van der Waals surface area contributed by atoms with Gasteiger partial charge < -0.3 is 10.4 Å². The molecule has 106 valence electrons. The van der Waals surface area contributed by atoms with Gasteiger partial charge in [0.2, 0.25) is 0 Å². The lowest BCUT2D eigenvalue weighted by molar-refractivity contribution is 0.469. The summed E-state index contributed by atoms with van der Waals surface area (Å²) in [6.45, 7) is 0.417. The first kappa shape index (κ1) is 14.0. The van der Waals surface area contributed by atoms with Gasteiger partial charge in [-0.25, -0.2) is 0 Å². The first-order valence-electron chi connectivity index (χ1n) is 6.38. The number of phenols is 1. The largest absolute Gasteiger partial charge is 0.506 e. The molecule has 0 aliphatic carbocycles. The van der Waals surface area contributed by atoms with Gasteiger partial charge in [-0.05, 0) is 29.7 Å². The standard InChI is InChI=1S/C16H12Cl2N2O/c17-12-6-11(16(21)14(18)7-12)8-20-15-3-1-2-10-4-5-19-9-13(10)15/h1-7,9,20-21H,8H2. The summed E-state index contributed by atoms with van der Waals surface area (Å²) in [6.07, 6.45) is 3.57. The summed E-state index contributed by atoms with van der Waals surface area (Å²) < 4.78 is 0. The molecule has 0 amide bonds. The fourth-order valence-electron chi connectivity index (χ4n) is 2.21. The first-order chi connectivity index (χ1) is 10.1. The van der Waals surface area contributed by atoms with Crippen LogP contribution in [-0.2, 0) is 6.54 Å². The molecule has 3 aromatic rings. The van der Waals surface area contributed by atoms with Gasteiger partial charge in [0.15, 0.2) is 0 Å². The van der Waals surface area contributed by atoms with Crippen LogP contribution in [0.25, 0.3) is 10.8 Å². The van der Waals surface area contributed by atoms with Gasteiger partial charge in [0, 0.05) is 40.6 Å². The minimum atomic E-state index is 0.0481. The highest BCUT2D eigenvalue weighted by Crippen LogP contribution is 2.32. The van der Waals surface area contributed by atoms with E-state index < -0.39 is 0 Å². The van der Waals surface area contributed by atoms with Gasteiger partial charge in [-0.2, -0.15) is 0 Å². The fourth-order valence-corrected chi connectivity index (χ4v) is 2.75. The molecule has 0 unspecified atom stereocenters. The van der Waals surface area contributed by atoms with E-state index in [-0.39, 0.29) is 10.8 Å². The number of pyridine rings is 1. The fraction of sp³-hybridized carbons (Fsp3) is 0.0625. The number of hydrogen-bond acceptors (Lipinski definition) is 3. The Morgan fingerprint density at radius 2 is 2.00 bits per heavy atom. The van der Waals surface area contributed by atoms with E-state index in [0.717, 1.165) is 16.5 Å². The minimum Gasteiger partial charge on any atom is -0.506 e. The Labute approximate surface area is 132 Å². The third-order valence-corrected chi connectivity index (χ3v) is 3.77. The van der Waals surface area contributed by atoms with Crippen molar-refractivity contribution in [3.63, 3.8) is 0 Å². The van der Waals surface area contributed by atoms with E-state index in [0.29, 0.717) is 17.1 Å². The molecule has 0 radical (unpaired) electrons. The van der Waals surface area contributed by atoms with Gasteiger partial charge in [0.05, 0.1) is 5.02 Å². The normalized spacial score (nSPS) is 10.8. The second-order valence-electron chi connectivity index (χ2n) is 4.65. The van der Waals surface area contributed by atoms with Crippen LogP contribution in [0.1, 0.15) is 5.56 Å². The van der Waals surface area contributed by atoms with Crippen molar-refractivity contribution in [1.29, 1.82) is 0 Å². The average Bonchev–Trinajstić information content (AvgIpc) is 2.49. The maximum atomic E-state index is 9.97. The highest BCUT2D eigenvalue weighted by atomic mass is 35.5. The molecule has 0 spiro atoms. The van der Waals surface area contributed by atoms with Crippen molar-refractivity contribution in [2.24, 2.45) is 0 Å². The van der Waals surface area contributed by atoms with E-state index in [1.165, 1.54) is 6.07 Å². The summed E-state index contributed by atoms with van der Waals surface area (Å²) in [6, 6.07) is 11.1. The third-order valence-electron chi connectivity index (χ3n) is 3.26. The van der Waals surface area contributed by atoms with Crippen molar-refractivity contribution in [3.05, 3.63) is 64.4 Å². The van der Waals surface area contributed by atoms with Gasteiger partial charge in [-0.3, -0.25) is 4.98 Å². The molecule has 0 saturated carbocycles. The molecule has 3 nitrogen and oxygen atoms in total. The molecule has 2 N–H and O–H groups in total. The number of nitrogens with one attached hydrogen (secondary N) is 1. The molecule has 0 fully saturated rings. The van der Waals surface area contributed by atoms with Crippen molar-refractivity contribution in [2.75, 3.05) is 5.32 Å². The van der Waals surface area contributed by atoms with E-state index in [1.807, 2.05) is 30.5 Å². The van der Waals surface area contributed by atoms with E-state index in [9.17, 15) is 5.11 Å². The molecule has 1 heterocycles. The van der Waals surface area contributed by atoms with Gasteiger partial charge in [-0.15, -0.1) is 0 Å². The van der Waals surface area contributed by atoms with Gasteiger partial charge >= 0.3 is 0 Å². The van der Waals surface area contributed by atoms with E-state index in [2.05, 4.69) is 10.3 Å². The molecular formula is C16H12Cl2N2O. The van der Waals surface area contributed by atoms with Crippen molar-refractivity contribution >= 4 is 39.7 Å². The Bertz CT molecular complexity index is 800. The number of aromatic hydroxyl groups is 1. The maximum Gasteiger partial charge on any atom is 0.139 e. The smallest absolute Gasteiger partial charge is 0.139 e. The molecular weight excluding hydrogens is 307 g/mol. The van der Waals surface area contributed by atoms with Gasteiger partial charge in [0.25, 0.3) is 0 Å². The zero-order chi connectivity index (χ0) is 14.8. The van der Waals surface area contributed by atoms with Crippen molar-refractivity contribution in [2.45, 2.75) is 6.54 Å². The number of benzene rings is 2. The molecule has 0 aliphatic rings. The quantitative estimate of drug-likeness (QED) is 0.725. The number of hydrogen-bond donors (Lipinski definition) is 2. The summed E-state index contributed by atoms with van der Waals surface area (Å²) >= 11 is 11.9. The van der Waals surface area contributed by atoms with Gasteiger partial charge in [0.1, 0.15) is 5.75 Å². The summed E-state index contributed by atoms with van der Waals surface area (Å²) in [5.74, 6) is 0.0481. The van der Waals surface area contributed by atoms with Crippen LogP contribution in [0.4, 0.5) is 5.69 Å². The number of aromatic nitrogens is 1. The van der Waals surface area contributed by atoms with Crippen molar-refractivity contribution < 1.29 is 5.11 Å². The third kappa shape index (κ3) is 2.89. The molecule has 5 heteroatoms. The minimum absolute atomic E-state index is 0.0481. The maximum absolute atomic E-state index is 9.97. The topological polar surface area (TPSA) is 45.1 Å². The molecule has 0 aliphatic heterocycles. The Balaban J connectivity index is 1.91. The zero-order valence-corrected chi connectivity index (χ0v) is 12.5. The lowest BCUT2D eigenvalue weighted by Crippen LogP contribution is -2.00. The van der Waals surface area contributed by atoms with Crippen molar-refractivity contribution in [1.82, 2.24) is 4.98 Å². The average molecular weight is 319 g/mol. The number of phenolic OH excluding ortho intramolecular Hbond substituents is 1. The van der Waals surface area contributed by atoms with E-state index in [4.69, 9.17) is 23.2 Å². The monoisotopic (exact) mass is 318 g/mol.